The van der Waals surface area contributed by atoms with Gasteiger partial charge in [0, 0.05) is 23.1 Å². The fraction of sp³-hybridized carbons (Fsp3) is 0.304. The quantitative estimate of drug-likeness (QED) is 0.564. The highest BCUT2D eigenvalue weighted by Crippen LogP contribution is 2.39. The number of rotatable bonds is 5. The number of carbonyl (C=O) groups excluding carboxylic acids is 1. The maximum absolute atomic E-state index is 12.9. The van der Waals surface area contributed by atoms with Crippen molar-refractivity contribution in [1.82, 2.24) is 4.98 Å². The van der Waals surface area contributed by atoms with Crippen molar-refractivity contribution in [2.24, 2.45) is 5.92 Å². The second-order valence-corrected chi connectivity index (χ2v) is 8.30. The van der Waals surface area contributed by atoms with Gasteiger partial charge in [-0.3, -0.25) is 4.79 Å². The van der Waals surface area contributed by atoms with Gasteiger partial charge >= 0.3 is 0 Å². The van der Waals surface area contributed by atoms with Crippen LogP contribution in [0.2, 0.25) is 0 Å². The summed E-state index contributed by atoms with van der Waals surface area (Å²) in [5.41, 5.74) is 3.87. The second kappa shape index (κ2) is 7.76. The Bertz CT molecular complexity index is 981. The highest BCUT2D eigenvalue weighted by Gasteiger charge is 2.33. The first-order valence-corrected chi connectivity index (χ1v) is 10.6. The van der Waals surface area contributed by atoms with Crippen LogP contribution in [0.1, 0.15) is 27.2 Å². The minimum absolute atomic E-state index is 0.0455. The Hall–Kier alpha value is -2.66. The average molecular weight is 393 g/mol. The van der Waals surface area contributed by atoms with Gasteiger partial charge in [0.15, 0.2) is 6.10 Å². The molecule has 28 heavy (non-hydrogen) atoms. The van der Waals surface area contributed by atoms with Crippen molar-refractivity contribution in [3.8, 4) is 27.6 Å². The zero-order valence-electron chi connectivity index (χ0n) is 16.4. The Morgan fingerprint density at radius 1 is 1.14 bits per heavy atom. The topological polar surface area (TPSA) is 42.4 Å². The number of nitrogens with zero attached hydrogens (tertiary/aromatic N) is 2. The number of hydrogen-bond acceptors (Lipinski definition) is 4. The standard InChI is InChI=1S/C23H24N2O2S/c1-4-20-23(26)25(13-15(2)3)19-12-17(10-11-21(19)27-20)18-14-28-22(24-18)16-8-6-5-7-9-16/h5-12,14-15,20H,4,13H2,1-3H3. The highest BCUT2D eigenvalue weighted by atomic mass is 32.1. The van der Waals surface area contributed by atoms with E-state index in [0.717, 1.165) is 33.3 Å². The molecular formula is C23H24N2O2S. The molecule has 1 amide bonds. The van der Waals surface area contributed by atoms with Crippen LogP contribution in [0.15, 0.2) is 53.9 Å². The van der Waals surface area contributed by atoms with Crippen molar-refractivity contribution in [1.29, 1.82) is 0 Å². The van der Waals surface area contributed by atoms with E-state index in [1.807, 2.05) is 48.2 Å². The number of benzene rings is 2. The molecule has 0 saturated heterocycles. The van der Waals surface area contributed by atoms with Gasteiger partial charge < -0.3 is 9.64 Å². The van der Waals surface area contributed by atoms with Crippen LogP contribution in [0.4, 0.5) is 5.69 Å². The zero-order chi connectivity index (χ0) is 19.7. The lowest BCUT2D eigenvalue weighted by Crippen LogP contribution is -2.47. The Kier molecular flexibility index (Phi) is 5.18. The van der Waals surface area contributed by atoms with Crippen LogP contribution in [0.5, 0.6) is 5.75 Å². The Morgan fingerprint density at radius 2 is 1.93 bits per heavy atom. The lowest BCUT2D eigenvalue weighted by Gasteiger charge is -2.35. The zero-order valence-corrected chi connectivity index (χ0v) is 17.2. The minimum atomic E-state index is -0.402. The fourth-order valence-corrected chi connectivity index (χ4v) is 4.25. The molecule has 1 aliphatic rings. The van der Waals surface area contributed by atoms with Crippen molar-refractivity contribution < 1.29 is 9.53 Å². The molecule has 1 unspecified atom stereocenters. The van der Waals surface area contributed by atoms with E-state index in [1.165, 1.54) is 0 Å². The van der Waals surface area contributed by atoms with E-state index in [-0.39, 0.29) is 5.91 Å². The minimum Gasteiger partial charge on any atom is -0.478 e. The summed E-state index contributed by atoms with van der Waals surface area (Å²) in [6.45, 7) is 6.91. The summed E-state index contributed by atoms with van der Waals surface area (Å²) in [5, 5.41) is 3.06. The summed E-state index contributed by atoms with van der Waals surface area (Å²) in [6.07, 6.45) is 0.266. The fourth-order valence-electron chi connectivity index (χ4n) is 3.41. The molecular weight excluding hydrogens is 368 g/mol. The predicted octanol–water partition coefficient (Wildman–Crippen LogP) is 5.64. The van der Waals surface area contributed by atoms with Crippen LogP contribution in [-0.4, -0.2) is 23.5 Å². The second-order valence-electron chi connectivity index (χ2n) is 7.44. The van der Waals surface area contributed by atoms with Gasteiger partial charge in [-0.25, -0.2) is 4.98 Å². The number of hydrogen-bond donors (Lipinski definition) is 0. The molecule has 3 aromatic rings. The summed E-state index contributed by atoms with van der Waals surface area (Å²) in [7, 11) is 0. The van der Waals surface area contributed by atoms with Crippen LogP contribution >= 0.6 is 11.3 Å². The van der Waals surface area contributed by atoms with Crippen LogP contribution in [0.25, 0.3) is 21.8 Å². The Balaban J connectivity index is 1.71. The molecule has 0 spiro atoms. The van der Waals surface area contributed by atoms with E-state index in [4.69, 9.17) is 9.72 Å². The molecule has 144 valence electrons. The van der Waals surface area contributed by atoms with E-state index in [1.54, 1.807) is 11.3 Å². The molecule has 4 nitrogen and oxygen atoms in total. The monoisotopic (exact) mass is 392 g/mol. The number of thiazole rings is 1. The van der Waals surface area contributed by atoms with Crippen molar-refractivity contribution in [2.75, 3.05) is 11.4 Å². The van der Waals surface area contributed by atoms with Gasteiger partial charge in [0.1, 0.15) is 10.8 Å². The van der Waals surface area contributed by atoms with Crippen molar-refractivity contribution in [3.63, 3.8) is 0 Å². The lowest BCUT2D eigenvalue weighted by atomic mass is 10.1. The molecule has 0 fully saturated rings. The van der Waals surface area contributed by atoms with Gasteiger partial charge in [-0.15, -0.1) is 11.3 Å². The molecule has 0 radical (unpaired) electrons. The smallest absolute Gasteiger partial charge is 0.268 e. The first-order chi connectivity index (χ1) is 13.6. The maximum Gasteiger partial charge on any atom is 0.268 e. The number of carbonyl (C=O) groups is 1. The highest BCUT2D eigenvalue weighted by molar-refractivity contribution is 7.13. The normalized spacial score (nSPS) is 16.2. The summed E-state index contributed by atoms with van der Waals surface area (Å²) in [6, 6.07) is 16.2. The van der Waals surface area contributed by atoms with Gasteiger partial charge in [-0.2, -0.15) is 0 Å². The average Bonchev–Trinajstić information content (AvgIpc) is 3.20. The first-order valence-electron chi connectivity index (χ1n) is 9.70. The van der Waals surface area contributed by atoms with Gasteiger partial charge in [-0.05, 0) is 30.5 Å². The lowest BCUT2D eigenvalue weighted by molar-refractivity contribution is -0.126. The number of fused-ring (bicyclic) bond motifs is 1. The molecule has 0 saturated carbocycles. The van der Waals surface area contributed by atoms with Gasteiger partial charge in [0.05, 0.1) is 11.4 Å². The van der Waals surface area contributed by atoms with Crippen molar-refractivity contribution >= 4 is 22.9 Å². The van der Waals surface area contributed by atoms with Gasteiger partial charge in [0.25, 0.3) is 5.91 Å². The summed E-state index contributed by atoms with van der Waals surface area (Å²) < 4.78 is 5.96. The van der Waals surface area contributed by atoms with Gasteiger partial charge in [0.2, 0.25) is 0 Å². The molecule has 1 aromatic heterocycles. The molecule has 2 aromatic carbocycles. The van der Waals surface area contributed by atoms with E-state index in [9.17, 15) is 4.79 Å². The summed E-state index contributed by atoms with van der Waals surface area (Å²) in [4.78, 5) is 19.6. The summed E-state index contributed by atoms with van der Waals surface area (Å²) in [5.74, 6) is 1.19. The third-order valence-electron chi connectivity index (χ3n) is 4.80. The molecule has 0 N–H and O–H groups in total. The van der Waals surface area contributed by atoms with E-state index < -0.39 is 6.10 Å². The number of anilines is 1. The third-order valence-corrected chi connectivity index (χ3v) is 5.69. The SMILES string of the molecule is CCC1Oc2ccc(-c3csc(-c4ccccc4)n3)cc2N(CC(C)C)C1=O. The van der Waals surface area contributed by atoms with Gasteiger partial charge in [-0.1, -0.05) is 51.1 Å². The molecule has 0 aliphatic carbocycles. The number of ether oxygens (including phenoxy) is 1. The van der Waals surface area contributed by atoms with Crippen molar-refractivity contribution in [3.05, 3.63) is 53.9 Å². The van der Waals surface area contributed by atoms with Crippen molar-refractivity contribution in [2.45, 2.75) is 33.3 Å². The third kappa shape index (κ3) is 3.54. The Morgan fingerprint density at radius 3 is 2.64 bits per heavy atom. The molecule has 1 aliphatic heterocycles. The first kappa shape index (κ1) is 18.7. The molecule has 1 atom stereocenters. The maximum atomic E-state index is 12.9. The number of aromatic nitrogens is 1. The van der Waals surface area contributed by atoms with Crippen LogP contribution < -0.4 is 9.64 Å². The van der Waals surface area contributed by atoms with E-state index >= 15 is 0 Å². The molecule has 2 heterocycles. The van der Waals surface area contributed by atoms with Crippen LogP contribution in [0.3, 0.4) is 0 Å². The largest absolute Gasteiger partial charge is 0.478 e. The predicted molar refractivity (Wildman–Crippen MR) is 115 cm³/mol. The molecule has 4 rings (SSSR count). The number of amides is 1. The van der Waals surface area contributed by atoms with E-state index in [2.05, 4.69) is 31.4 Å². The van der Waals surface area contributed by atoms with Crippen LogP contribution in [-0.2, 0) is 4.79 Å². The van der Waals surface area contributed by atoms with E-state index in [0.29, 0.717) is 18.9 Å². The summed E-state index contributed by atoms with van der Waals surface area (Å²) >= 11 is 1.63. The molecule has 5 heteroatoms. The van der Waals surface area contributed by atoms with Crippen LogP contribution in [0, 0.1) is 5.92 Å². The Labute approximate surface area is 169 Å². The molecule has 0 bridgehead atoms.